The van der Waals surface area contributed by atoms with E-state index >= 15 is 0 Å². The largest absolute Gasteiger partial charge is 0.453 e. The number of alkyl halides is 10. The van der Waals surface area contributed by atoms with Gasteiger partial charge in [0, 0.05) is 12.8 Å². The second-order valence-corrected chi connectivity index (χ2v) is 9.52. The summed E-state index contributed by atoms with van der Waals surface area (Å²) < 4.78 is 122. The molecule has 0 radical (unpaired) electrons. The van der Waals surface area contributed by atoms with Gasteiger partial charge in [-0.3, -0.25) is 0 Å². The van der Waals surface area contributed by atoms with E-state index in [1.165, 1.54) is 0 Å². The molecule has 0 fully saturated rings. The van der Waals surface area contributed by atoms with Crippen LogP contribution in [0.1, 0.15) is 38.5 Å². The lowest BCUT2D eigenvalue weighted by molar-refractivity contribution is -0.284. The Labute approximate surface area is 139 Å². The average Bonchev–Trinajstić information content (AvgIpc) is 2.37. The Morgan fingerprint density at radius 3 is 1.04 bits per heavy atom. The second-order valence-electron chi connectivity index (χ2n) is 6.05. The first-order chi connectivity index (χ1) is 10.9. The molecule has 0 saturated carbocycles. The van der Waals surface area contributed by atoms with Crippen LogP contribution < -0.4 is 10.8 Å². The van der Waals surface area contributed by atoms with Crippen molar-refractivity contribution in [3.05, 3.63) is 0 Å². The average molecular weight is 410 g/mol. The second kappa shape index (κ2) is 8.42. The molecule has 152 valence electrons. The quantitative estimate of drug-likeness (QED) is 0.300. The minimum Gasteiger partial charge on any atom is -0.339 e. The van der Waals surface area contributed by atoms with Crippen molar-refractivity contribution in [3.8, 4) is 0 Å². The molecule has 0 heterocycles. The standard InChI is InChI=1S/C12H20F10N2Si/c13-9(14,11(17,18)19)5-1-3-7-25(23,24)8-4-2-6-10(15,16)12(20,21)22/h1-8,23-24H2. The molecule has 0 aromatic heterocycles. The Hall–Kier alpha value is -0.563. The smallest absolute Gasteiger partial charge is 0.339 e. The van der Waals surface area contributed by atoms with Gasteiger partial charge in [0.05, 0.1) is 0 Å². The van der Waals surface area contributed by atoms with E-state index in [-0.39, 0.29) is 24.9 Å². The van der Waals surface area contributed by atoms with Gasteiger partial charge in [0.15, 0.2) is 8.40 Å². The van der Waals surface area contributed by atoms with Crippen molar-refractivity contribution in [2.45, 2.75) is 74.8 Å². The van der Waals surface area contributed by atoms with Gasteiger partial charge in [-0.2, -0.15) is 43.9 Å². The van der Waals surface area contributed by atoms with Gasteiger partial charge < -0.3 is 10.8 Å². The van der Waals surface area contributed by atoms with Crippen molar-refractivity contribution >= 4 is 8.40 Å². The predicted octanol–water partition coefficient (Wildman–Crippen LogP) is 5.08. The Morgan fingerprint density at radius 2 is 0.800 bits per heavy atom. The molecule has 0 bridgehead atoms. The third kappa shape index (κ3) is 8.58. The summed E-state index contributed by atoms with van der Waals surface area (Å²) in [5, 5.41) is 11.4. The fourth-order valence-electron chi connectivity index (χ4n) is 2.01. The van der Waals surface area contributed by atoms with E-state index in [1.807, 2.05) is 0 Å². The van der Waals surface area contributed by atoms with E-state index in [2.05, 4.69) is 0 Å². The SMILES string of the molecule is N[Si](N)(CCCCC(F)(F)C(F)(F)F)CCCCC(F)(F)C(F)(F)F. The first-order valence-electron chi connectivity index (χ1n) is 7.38. The number of hydrogen-bond acceptors (Lipinski definition) is 2. The van der Waals surface area contributed by atoms with Crippen LogP contribution in [0.2, 0.25) is 12.1 Å². The molecule has 0 spiro atoms. The van der Waals surface area contributed by atoms with Crippen LogP contribution >= 0.6 is 0 Å². The molecule has 0 aliphatic heterocycles. The van der Waals surface area contributed by atoms with E-state index in [9.17, 15) is 43.9 Å². The molecule has 0 saturated heterocycles. The van der Waals surface area contributed by atoms with Crippen molar-refractivity contribution in [1.82, 2.24) is 0 Å². The molecule has 0 aromatic rings. The summed E-state index contributed by atoms with van der Waals surface area (Å²) in [6, 6.07) is -0.0623. The molecule has 0 unspecified atom stereocenters. The Balaban J connectivity index is 4.11. The van der Waals surface area contributed by atoms with E-state index < -0.39 is 58.3 Å². The highest BCUT2D eigenvalue weighted by atomic mass is 28.3. The van der Waals surface area contributed by atoms with Crippen molar-refractivity contribution in [2.24, 2.45) is 10.8 Å². The summed E-state index contributed by atoms with van der Waals surface area (Å²) >= 11 is 0. The zero-order valence-electron chi connectivity index (χ0n) is 13.1. The van der Waals surface area contributed by atoms with Crippen LogP contribution in [0.15, 0.2) is 0 Å². The van der Waals surface area contributed by atoms with Crippen LogP contribution in [0.5, 0.6) is 0 Å². The summed E-state index contributed by atoms with van der Waals surface area (Å²) in [7, 11) is -3.04. The van der Waals surface area contributed by atoms with Gasteiger partial charge in [-0.1, -0.05) is 12.8 Å². The third-order valence-corrected chi connectivity index (χ3v) is 6.16. The lowest BCUT2D eigenvalue weighted by Gasteiger charge is -2.23. The first-order valence-corrected chi connectivity index (χ1v) is 9.95. The van der Waals surface area contributed by atoms with Crippen molar-refractivity contribution in [2.75, 3.05) is 0 Å². The van der Waals surface area contributed by atoms with Crippen molar-refractivity contribution in [1.29, 1.82) is 0 Å². The highest BCUT2D eigenvalue weighted by Crippen LogP contribution is 2.40. The molecule has 0 aromatic carbocycles. The fourth-order valence-corrected chi connectivity index (χ4v) is 4.08. The van der Waals surface area contributed by atoms with Gasteiger partial charge in [0.25, 0.3) is 0 Å². The minimum atomic E-state index is -5.64. The molecule has 25 heavy (non-hydrogen) atoms. The summed E-state index contributed by atoms with van der Waals surface area (Å²) in [4.78, 5) is 0. The summed E-state index contributed by atoms with van der Waals surface area (Å²) in [5.41, 5.74) is 0. The van der Waals surface area contributed by atoms with E-state index in [4.69, 9.17) is 10.8 Å². The maximum atomic E-state index is 12.7. The Bertz CT molecular complexity index is 370. The van der Waals surface area contributed by atoms with Crippen molar-refractivity contribution < 1.29 is 43.9 Å². The molecule has 0 amide bonds. The van der Waals surface area contributed by atoms with E-state index in [1.54, 1.807) is 0 Å². The molecular weight excluding hydrogens is 390 g/mol. The number of unbranched alkanes of at least 4 members (excludes halogenated alkanes) is 2. The number of hydrogen-bond donors (Lipinski definition) is 2. The number of rotatable bonds is 10. The summed E-state index contributed by atoms with van der Waals surface area (Å²) in [6.07, 6.45) is -15.3. The van der Waals surface area contributed by atoms with Crippen LogP contribution in [-0.4, -0.2) is 32.6 Å². The van der Waals surface area contributed by atoms with Crippen molar-refractivity contribution in [3.63, 3.8) is 0 Å². The Morgan fingerprint density at radius 1 is 0.520 bits per heavy atom. The first kappa shape index (κ1) is 24.4. The van der Waals surface area contributed by atoms with Gasteiger partial charge in [-0.25, -0.2) is 0 Å². The van der Waals surface area contributed by atoms with Gasteiger partial charge in [-0.05, 0) is 24.9 Å². The molecule has 0 atom stereocenters. The Kier molecular flexibility index (Phi) is 8.23. The molecule has 0 aliphatic carbocycles. The van der Waals surface area contributed by atoms with Gasteiger partial charge in [-0.15, -0.1) is 0 Å². The number of halogens is 10. The third-order valence-electron chi connectivity index (χ3n) is 3.60. The monoisotopic (exact) mass is 410 g/mol. The van der Waals surface area contributed by atoms with Crippen LogP contribution in [0.25, 0.3) is 0 Å². The maximum absolute atomic E-state index is 12.7. The minimum absolute atomic E-state index is 0.0311. The molecule has 13 heteroatoms. The van der Waals surface area contributed by atoms with Crippen LogP contribution in [0.3, 0.4) is 0 Å². The van der Waals surface area contributed by atoms with Crippen LogP contribution in [-0.2, 0) is 0 Å². The highest BCUT2D eigenvalue weighted by molar-refractivity contribution is 6.73. The molecule has 0 rings (SSSR count). The topological polar surface area (TPSA) is 52.0 Å². The van der Waals surface area contributed by atoms with Gasteiger partial charge >= 0.3 is 24.2 Å². The number of nitrogens with two attached hydrogens (primary N) is 2. The lowest BCUT2D eigenvalue weighted by atomic mass is 10.1. The van der Waals surface area contributed by atoms with Crippen LogP contribution in [0.4, 0.5) is 43.9 Å². The highest BCUT2D eigenvalue weighted by Gasteiger charge is 2.57. The zero-order chi connectivity index (χ0) is 20.2. The normalized spacial score (nSPS) is 14.9. The molecule has 2 nitrogen and oxygen atoms in total. The van der Waals surface area contributed by atoms with Gasteiger partial charge in [0.1, 0.15) is 0 Å². The maximum Gasteiger partial charge on any atom is 0.453 e. The van der Waals surface area contributed by atoms with Gasteiger partial charge in [0.2, 0.25) is 0 Å². The lowest BCUT2D eigenvalue weighted by Crippen LogP contribution is -2.55. The molecular formula is C12H20F10N2Si. The molecule has 0 aliphatic rings. The zero-order valence-corrected chi connectivity index (χ0v) is 14.1. The predicted molar refractivity (Wildman–Crippen MR) is 73.4 cm³/mol. The molecule has 4 N–H and O–H groups in total. The summed E-state index contributed by atoms with van der Waals surface area (Å²) in [5.74, 6) is -9.63. The summed E-state index contributed by atoms with van der Waals surface area (Å²) in [6.45, 7) is 0. The van der Waals surface area contributed by atoms with Crippen LogP contribution in [0, 0.1) is 0 Å². The van der Waals surface area contributed by atoms with E-state index in [0.717, 1.165) is 0 Å². The fraction of sp³-hybridized carbons (Fsp3) is 1.00. The van der Waals surface area contributed by atoms with E-state index in [0.29, 0.717) is 0 Å².